The number of pyridine rings is 1. The molecule has 4 atom stereocenters. The monoisotopic (exact) mass is 479 g/mol. The predicted molar refractivity (Wildman–Crippen MR) is 114 cm³/mol. The number of aromatic nitrogens is 1. The van der Waals surface area contributed by atoms with Gasteiger partial charge >= 0.3 is 0 Å². The fourth-order valence-electron chi connectivity index (χ4n) is 4.60. The Bertz CT molecular complexity index is 1210. The van der Waals surface area contributed by atoms with Crippen molar-refractivity contribution in [2.24, 2.45) is 0 Å². The number of methoxy groups -OCH3 is 1. The van der Waals surface area contributed by atoms with Crippen LogP contribution >= 0.6 is 0 Å². The van der Waals surface area contributed by atoms with Crippen LogP contribution in [0.2, 0.25) is 0 Å². The standard InChI is InChI=1S/C23H24F3N3O5/c1-10-4-15(25)12(16(26)5-10)7-27-22(32)13-8-29-17-9-28(11(2)14(24)6-18(17)34-3)23(33)19(29)21(31)20(13)30/h4-5,8,11,14,17-18,31H,6-7,9H2,1-3H3,(H,27,32)/t11-,14+,17+,18+/m0/s1. The number of nitrogens with one attached hydrogen (secondary N) is 1. The van der Waals surface area contributed by atoms with Crippen molar-refractivity contribution in [3.63, 3.8) is 0 Å². The lowest BCUT2D eigenvalue weighted by Gasteiger charge is -2.38. The van der Waals surface area contributed by atoms with Crippen LogP contribution in [-0.2, 0) is 11.3 Å². The highest BCUT2D eigenvalue weighted by Gasteiger charge is 2.46. The summed E-state index contributed by atoms with van der Waals surface area (Å²) in [5.41, 5.74) is -2.04. The Kier molecular flexibility index (Phi) is 6.15. The first kappa shape index (κ1) is 23.8. The minimum atomic E-state index is -1.40. The molecule has 2 aliphatic rings. The van der Waals surface area contributed by atoms with Gasteiger partial charge in [-0.3, -0.25) is 14.4 Å². The number of rotatable bonds is 4. The van der Waals surface area contributed by atoms with Gasteiger partial charge in [-0.25, -0.2) is 13.2 Å². The fraction of sp³-hybridized carbons (Fsp3) is 0.435. The highest BCUT2D eigenvalue weighted by Crippen LogP contribution is 2.36. The lowest BCUT2D eigenvalue weighted by molar-refractivity contribution is 0.0314. The predicted octanol–water partition coefficient (Wildman–Crippen LogP) is 2.21. The van der Waals surface area contributed by atoms with Crippen molar-refractivity contribution in [3.8, 4) is 5.75 Å². The first-order valence-electron chi connectivity index (χ1n) is 10.7. The summed E-state index contributed by atoms with van der Waals surface area (Å²) < 4.78 is 49.6. The van der Waals surface area contributed by atoms with E-state index >= 15 is 0 Å². The Balaban J connectivity index is 1.73. The summed E-state index contributed by atoms with van der Waals surface area (Å²) in [6.45, 7) is 2.56. The topological polar surface area (TPSA) is 101 Å². The average Bonchev–Trinajstić information content (AvgIpc) is 2.88. The van der Waals surface area contributed by atoms with Crippen molar-refractivity contribution < 1.29 is 32.6 Å². The van der Waals surface area contributed by atoms with Gasteiger partial charge in [-0.05, 0) is 31.5 Å². The molecule has 0 aliphatic carbocycles. The molecule has 1 aromatic carbocycles. The van der Waals surface area contributed by atoms with Crippen LogP contribution in [-0.4, -0.2) is 58.4 Å². The third-order valence-electron chi connectivity index (χ3n) is 6.58. The summed E-state index contributed by atoms with van der Waals surface area (Å²) in [5.74, 6) is -4.41. The van der Waals surface area contributed by atoms with Crippen molar-refractivity contribution in [2.45, 2.75) is 51.2 Å². The molecule has 2 N–H and O–H groups in total. The molecule has 4 rings (SSSR count). The van der Waals surface area contributed by atoms with Gasteiger partial charge in [-0.15, -0.1) is 0 Å². The number of halogens is 3. The van der Waals surface area contributed by atoms with Crippen LogP contribution in [0.15, 0.2) is 23.1 Å². The van der Waals surface area contributed by atoms with Crippen LogP contribution in [0, 0.1) is 18.6 Å². The van der Waals surface area contributed by atoms with Crippen molar-refractivity contribution in [1.82, 2.24) is 14.8 Å². The molecule has 8 nitrogen and oxygen atoms in total. The van der Waals surface area contributed by atoms with E-state index in [9.17, 15) is 32.7 Å². The van der Waals surface area contributed by atoms with Crippen molar-refractivity contribution in [1.29, 1.82) is 0 Å². The second-order valence-corrected chi connectivity index (χ2v) is 8.66. The molecule has 11 heteroatoms. The number of aromatic hydroxyl groups is 1. The van der Waals surface area contributed by atoms with E-state index in [2.05, 4.69) is 5.32 Å². The van der Waals surface area contributed by atoms with Crippen molar-refractivity contribution in [3.05, 3.63) is 62.6 Å². The fourth-order valence-corrected chi connectivity index (χ4v) is 4.60. The van der Waals surface area contributed by atoms with Crippen molar-refractivity contribution >= 4 is 11.8 Å². The lowest BCUT2D eigenvalue weighted by atomic mass is 10.0. The van der Waals surface area contributed by atoms with E-state index in [0.29, 0.717) is 5.56 Å². The highest BCUT2D eigenvalue weighted by molar-refractivity contribution is 5.99. The quantitative estimate of drug-likeness (QED) is 0.701. The summed E-state index contributed by atoms with van der Waals surface area (Å²) >= 11 is 0. The minimum Gasteiger partial charge on any atom is -0.503 e. The number of fused-ring (bicyclic) bond motifs is 4. The Morgan fingerprint density at radius 1 is 1.26 bits per heavy atom. The summed E-state index contributed by atoms with van der Waals surface area (Å²) in [6.07, 6.45) is -1.04. The number of benzene rings is 1. The average molecular weight is 479 g/mol. The molecule has 0 unspecified atom stereocenters. The SMILES string of the molecule is CO[C@@H]1C[C@@H](F)[C@H](C)N2C[C@H]1n1cc(C(=O)NCc3c(F)cc(C)cc3F)c(=O)c(O)c1C2=O. The number of amides is 2. The van der Waals surface area contributed by atoms with Gasteiger partial charge in [0.2, 0.25) is 5.43 Å². The molecule has 182 valence electrons. The number of alkyl halides is 1. The number of hydrogen-bond acceptors (Lipinski definition) is 5. The first-order valence-corrected chi connectivity index (χ1v) is 10.7. The number of nitrogens with zero attached hydrogens (tertiary/aromatic N) is 2. The van der Waals surface area contributed by atoms with Gasteiger partial charge in [0.05, 0.1) is 18.2 Å². The van der Waals surface area contributed by atoms with E-state index in [0.717, 1.165) is 18.3 Å². The zero-order chi connectivity index (χ0) is 24.9. The molecular formula is C23H24F3N3O5. The lowest BCUT2D eigenvalue weighted by Crippen LogP contribution is -2.50. The van der Waals surface area contributed by atoms with Gasteiger partial charge in [0.1, 0.15) is 23.4 Å². The molecule has 2 aliphatic heterocycles. The van der Waals surface area contributed by atoms with Crippen LogP contribution in [0.1, 0.15) is 51.4 Å². The molecule has 2 aromatic rings. The van der Waals surface area contributed by atoms with Crippen LogP contribution in [0.3, 0.4) is 0 Å². The van der Waals surface area contributed by atoms with Crippen LogP contribution in [0.25, 0.3) is 0 Å². The maximum Gasteiger partial charge on any atom is 0.274 e. The van der Waals surface area contributed by atoms with Gasteiger partial charge in [-0.2, -0.15) is 0 Å². The minimum absolute atomic E-state index is 0.0358. The molecule has 0 radical (unpaired) electrons. The third kappa shape index (κ3) is 3.83. The van der Waals surface area contributed by atoms with E-state index in [-0.39, 0.29) is 18.7 Å². The molecule has 2 amide bonds. The Morgan fingerprint density at radius 3 is 2.53 bits per heavy atom. The van der Waals surface area contributed by atoms with Crippen LogP contribution < -0.4 is 10.7 Å². The summed E-state index contributed by atoms with van der Waals surface area (Å²) in [7, 11) is 1.38. The third-order valence-corrected chi connectivity index (χ3v) is 6.58. The largest absolute Gasteiger partial charge is 0.503 e. The zero-order valence-electron chi connectivity index (χ0n) is 18.8. The van der Waals surface area contributed by atoms with Gasteiger partial charge in [0.25, 0.3) is 11.8 Å². The van der Waals surface area contributed by atoms with E-state index < -0.39 is 76.7 Å². The molecule has 3 heterocycles. The van der Waals surface area contributed by atoms with Crippen LogP contribution in [0.5, 0.6) is 5.75 Å². The Morgan fingerprint density at radius 2 is 1.91 bits per heavy atom. The smallest absolute Gasteiger partial charge is 0.274 e. The summed E-state index contributed by atoms with van der Waals surface area (Å²) in [5, 5.41) is 12.9. The van der Waals surface area contributed by atoms with E-state index in [1.807, 2.05) is 0 Å². The number of carbonyl (C=O) groups is 2. The first-order chi connectivity index (χ1) is 16.0. The Labute approximate surface area is 192 Å². The van der Waals surface area contributed by atoms with Crippen molar-refractivity contribution in [2.75, 3.05) is 13.7 Å². The van der Waals surface area contributed by atoms with Gasteiger partial charge in [-0.1, -0.05) is 0 Å². The van der Waals surface area contributed by atoms with Gasteiger partial charge in [0.15, 0.2) is 11.4 Å². The number of hydrogen-bond donors (Lipinski definition) is 2. The van der Waals surface area contributed by atoms with E-state index in [1.165, 1.54) is 30.4 Å². The highest BCUT2D eigenvalue weighted by atomic mass is 19.1. The second kappa shape index (κ2) is 8.79. The zero-order valence-corrected chi connectivity index (χ0v) is 18.8. The van der Waals surface area contributed by atoms with E-state index in [1.54, 1.807) is 0 Å². The maximum atomic E-state index is 14.7. The van der Waals surface area contributed by atoms with E-state index in [4.69, 9.17) is 4.74 Å². The maximum absolute atomic E-state index is 14.7. The molecule has 2 bridgehead atoms. The molecule has 1 aromatic heterocycles. The second-order valence-electron chi connectivity index (χ2n) is 8.66. The molecule has 0 saturated carbocycles. The number of aryl methyl sites for hydroxylation is 1. The van der Waals surface area contributed by atoms with Gasteiger partial charge in [0, 0.05) is 38.4 Å². The summed E-state index contributed by atoms with van der Waals surface area (Å²) in [6, 6.07) is 0.738. The Hall–Kier alpha value is -3.34. The normalized spacial score (nSPS) is 23.9. The molecular weight excluding hydrogens is 455 g/mol. The van der Waals surface area contributed by atoms with Crippen LogP contribution in [0.4, 0.5) is 13.2 Å². The summed E-state index contributed by atoms with van der Waals surface area (Å²) in [4.78, 5) is 39.8. The number of ether oxygens (including phenoxy) is 1. The molecule has 1 saturated heterocycles. The molecule has 34 heavy (non-hydrogen) atoms. The molecule has 1 fully saturated rings. The number of carbonyl (C=O) groups excluding carboxylic acids is 2. The molecule has 0 spiro atoms. The van der Waals surface area contributed by atoms with Gasteiger partial charge < -0.3 is 24.6 Å².